The number of phenolic OH excluding ortho intramolecular Hbond substituents is 1. The second-order valence-corrected chi connectivity index (χ2v) is 8.02. The molecule has 0 heterocycles. The van der Waals surface area contributed by atoms with Crippen molar-refractivity contribution in [1.29, 1.82) is 0 Å². The average molecular weight is 338 g/mol. The molecular formula is C17H26N2O3S. The minimum absolute atomic E-state index is 0.000647. The van der Waals surface area contributed by atoms with Crippen molar-refractivity contribution in [2.45, 2.75) is 50.4 Å². The Morgan fingerprint density at radius 1 is 1.30 bits per heavy atom. The van der Waals surface area contributed by atoms with E-state index >= 15 is 0 Å². The zero-order valence-electron chi connectivity index (χ0n) is 13.8. The van der Waals surface area contributed by atoms with Gasteiger partial charge < -0.3 is 15.3 Å². The van der Waals surface area contributed by atoms with Crippen LogP contribution in [0, 0.1) is 0 Å². The summed E-state index contributed by atoms with van der Waals surface area (Å²) in [6.45, 7) is 2.40. The number of aromatic hydroxyl groups is 1. The molecule has 1 aliphatic rings. The van der Waals surface area contributed by atoms with Crippen LogP contribution in [0.3, 0.4) is 0 Å². The van der Waals surface area contributed by atoms with Gasteiger partial charge in [-0.2, -0.15) is 0 Å². The number of hydrogen-bond acceptors (Lipinski definition) is 3. The maximum atomic E-state index is 12.4. The van der Waals surface area contributed by atoms with E-state index in [1.165, 1.54) is 0 Å². The lowest BCUT2D eigenvalue weighted by atomic mass is 9.95. The van der Waals surface area contributed by atoms with Crippen molar-refractivity contribution >= 4 is 16.8 Å². The fraction of sp³-hybridized carbons (Fsp3) is 0.588. The van der Waals surface area contributed by atoms with E-state index in [1.807, 2.05) is 6.92 Å². The van der Waals surface area contributed by atoms with E-state index in [0.29, 0.717) is 12.3 Å². The second kappa shape index (κ2) is 8.34. The van der Waals surface area contributed by atoms with Gasteiger partial charge in [-0.25, -0.2) is 4.79 Å². The van der Waals surface area contributed by atoms with Crippen molar-refractivity contribution in [2.75, 3.05) is 12.8 Å². The van der Waals surface area contributed by atoms with Gasteiger partial charge in [-0.05, 0) is 30.5 Å². The molecule has 0 aliphatic heterocycles. The Kier molecular flexibility index (Phi) is 6.45. The van der Waals surface area contributed by atoms with E-state index < -0.39 is 10.8 Å². The van der Waals surface area contributed by atoms with E-state index in [1.54, 1.807) is 36.2 Å². The Hall–Kier alpha value is -1.56. The van der Waals surface area contributed by atoms with Gasteiger partial charge in [-0.15, -0.1) is 0 Å². The van der Waals surface area contributed by atoms with Crippen LogP contribution in [0.5, 0.6) is 5.75 Å². The lowest BCUT2D eigenvalue weighted by Gasteiger charge is -2.32. The molecule has 1 fully saturated rings. The summed E-state index contributed by atoms with van der Waals surface area (Å²) >= 11 is 0. The molecule has 1 aromatic rings. The Morgan fingerprint density at radius 3 is 2.61 bits per heavy atom. The maximum absolute atomic E-state index is 12.4. The third-order valence-electron chi connectivity index (χ3n) is 4.34. The zero-order chi connectivity index (χ0) is 16.8. The highest BCUT2D eigenvalue weighted by Gasteiger charge is 2.30. The van der Waals surface area contributed by atoms with Crippen molar-refractivity contribution in [1.82, 2.24) is 10.2 Å². The van der Waals surface area contributed by atoms with Crippen LogP contribution in [0.25, 0.3) is 0 Å². The van der Waals surface area contributed by atoms with Gasteiger partial charge in [0.1, 0.15) is 5.75 Å². The molecule has 1 aliphatic carbocycles. The Balaban J connectivity index is 1.93. The van der Waals surface area contributed by atoms with Crippen LogP contribution in [-0.2, 0) is 17.3 Å². The molecule has 5 nitrogen and oxygen atoms in total. The molecule has 0 unspecified atom stereocenters. The predicted octanol–water partition coefficient (Wildman–Crippen LogP) is 2.61. The van der Waals surface area contributed by atoms with E-state index in [9.17, 15) is 14.1 Å². The van der Waals surface area contributed by atoms with Gasteiger partial charge in [-0.3, -0.25) is 4.21 Å². The summed E-state index contributed by atoms with van der Waals surface area (Å²) < 4.78 is 12.2. The summed E-state index contributed by atoms with van der Waals surface area (Å²) in [5.74, 6) is 0.855. The fourth-order valence-electron chi connectivity index (χ4n) is 3.01. The molecule has 3 atom stereocenters. The lowest BCUT2D eigenvalue weighted by molar-refractivity contribution is 0.199. The smallest absolute Gasteiger partial charge is 0.317 e. The topological polar surface area (TPSA) is 69.6 Å². The first kappa shape index (κ1) is 17.8. The van der Waals surface area contributed by atoms with Crippen molar-refractivity contribution < 1.29 is 14.1 Å². The number of hydrogen-bond donors (Lipinski definition) is 2. The molecule has 0 bridgehead atoms. The lowest BCUT2D eigenvalue weighted by Crippen LogP contribution is -2.50. The summed E-state index contributed by atoms with van der Waals surface area (Å²) in [4.78, 5) is 14.0. The number of carbonyl (C=O) groups is 1. The number of phenols is 1. The predicted molar refractivity (Wildman–Crippen MR) is 92.8 cm³/mol. The van der Waals surface area contributed by atoms with Crippen LogP contribution < -0.4 is 5.32 Å². The zero-order valence-corrected chi connectivity index (χ0v) is 14.6. The third-order valence-corrected chi connectivity index (χ3v) is 6.15. The Bertz CT molecular complexity index is 547. The van der Waals surface area contributed by atoms with E-state index in [-0.39, 0.29) is 23.1 Å². The molecule has 23 heavy (non-hydrogen) atoms. The van der Waals surface area contributed by atoms with E-state index in [2.05, 4.69) is 5.32 Å². The SMILES string of the molecule is CC[S@@](=O)[C@@H]1CCCC[C@@H]1NC(=O)N(C)Cc1ccc(O)cc1. The van der Waals surface area contributed by atoms with Gasteiger partial charge in [0.25, 0.3) is 0 Å². The van der Waals surface area contributed by atoms with Gasteiger partial charge in [-0.1, -0.05) is 31.9 Å². The molecule has 6 heteroatoms. The van der Waals surface area contributed by atoms with Crippen LogP contribution in [0.15, 0.2) is 24.3 Å². The van der Waals surface area contributed by atoms with Crippen LogP contribution >= 0.6 is 0 Å². The summed E-state index contributed by atoms with van der Waals surface area (Å²) in [6, 6.07) is 6.69. The average Bonchev–Trinajstić information content (AvgIpc) is 2.56. The summed E-state index contributed by atoms with van der Waals surface area (Å²) in [5, 5.41) is 12.4. The summed E-state index contributed by atoms with van der Waals surface area (Å²) in [7, 11) is 0.872. The molecule has 128 valence electrons. The molecule has 0 saturated heterocycles. The number of rotatable bonds is 5. The molecule has 0 radical (unpaired) electrons. The number of urea groups is 1. The molecule has 1 saturated carbocycles. The van der Waals surface area contributed by atoms with E-state index in [4.69, 9.17) is 0 Å². The normalized spacial score (nSPS) is 22.3. The molecule has 0 spiro atoms. The van der Waals surface area contributed by atoms with Crippen LogP contribution in [0.1, 0.15) is 38.2 Å². The largest absolute Gasteiger partial charge is 0.508 e. The van der Waals surface area contributed by atoms with Crippen molar-refractivity contribution in [3.63, 3.8) is 0 Å². The van der Waals surface area contributed by atoms with Crippen molar-refractivity contribution in [2.24, 2.45) is 0 Å². The van der Waals surface area contributed by atoms with Gasteiger partial charge in [0.2, 0.25) is 0 Å². The van der Waals surface area contributed by atoms with Crippen molar-refractivity contribution in [3.05, 3.63) is 29.8 Å². The third kappa shape index (κ3) is 4.96. The number of carbonyl (C=O) groups excluding carboxylic acids is 1. The minimum Gasteiger partial charge on any atom is -0.508 e. The molecule has 2 rings (SSSR count). The highest BCUT2D eigenvalue weighted by atomic mass is 32.2. The van der Waals surface area contributed by atoms with Gasteiger partial charge in [0.15, 0.2) is 0 Å². The first-order valence-corrected chi connectivity index (χ1v) is 9.56. The van der Waals surface area contributed by atoms with Gasteiger partial charge >= 0.3 is 6.03 Å². The first-order chi connectivity index (χ1) is 11.0. The molecule has 1 aromatic carbocycles. The molecule has 2 amide bonds. The minimum atomic E-state index is -0.875. The van der Waals surface area contributed by atoms with Crippen LogP contribution in [0.2, 0.25) is 0 Å². The molecule has 2 N–H and O–H groups in total. The second-order valence-electron chi connectivity index (χ2n) is 6.07. The molecule has 0 aromatic heterocycles. The fourth-order valence-corrected chi connectivity index (χ4v) is 4.43. The van der Waals surface area contributed by atoms with Gasteiger partial charge in [0, 0.05) is 36.2 Å². The Morgan fingerprint density at radius 2 is 1.96 bits per heavy atom. The summed E-state index contributed by atoms with van der Waals surface area (Å²) in [5.41, 5.74) is 0.956. The first-order valence-electron chi connectivity index (χ1n) is 8.18. The quantitative estimate of drug-likeness (QED) is 0.867. The van der Waals surface area contributed by atoms with E-state index in [0.717, 1.165) is 31.2 Å². The monoisotopic (exact) mass is 338 g/mol. The number of amides is 2. The van der Waals surface area contributed by atoms with Crippen LogP contribution in [0.4, 0.5) is 4.79 Å². The van der Waals surface area contributed by atoms with Gasteiger partial charge in [0.05, 0.1) is 5.25 Å². The number of benzene rings is 1. The van der Waals surface area contributed by atoms with Crippen LogP contribution in [-0.4, -0.2) is 44.3 Å². The number of nitrogens with one attached hydrogen (secondary N) is 1. The summed E-state index contributed by atoms with van der Waals surface area (Å²) in [6.07, 6.45) is 3.98. The standard InChI is InChI=1S/C17H26N2O3S/c1-3-23(22)16-7-5-4-6-15(16)18-17(21)19(2)12-13-8-10-14(20)11-9-13/h8-11,15-16,20H,3-7,12H2,1-2H3,(H,18,21)/t15-,16+,23+/m0/s1. The highest BCUT2D eigenvalue weighted by molar-refractivity contribution is 7.85. The molecular weight excluding hydrogens is 312 g/mol. The maximum Gasteiger partial charge on any atom is 0.317 e. The van der Waals surface area contributed by atoms with Crippen molar-refractivity contribution in [3.8, 4) is 5.75 Å². The Labute approximate surface area is 140 Å². The highest BCUT2D eigenvalue weighted by Crippen LogP contribution is 2.23. The number of nitrogens with zero attached hydrogens (tertiary/aromatic N) is 1.